The van der Waals surface area contributed by atoms with Gasteiger partial charge in [-0.25, -0.2) is 4.79 Å². The number of carbonyl (C=O) groups is 2. The lowest BCUT2D eigenvalue weighted by Gasteiger charge is -2.28. The number of rotatable bonds is 6. The first-order chi connectivity index (χ1) is 13.5. The highest BCUT2D eigenvalue weighted by Crippen LogP contribution is 2.30. The minimum Gasteiger partial charge on any atom is -0.454 e. The summed E-state index contributed by atoms with van der Waals surface area (Å²) in [6.45, 7) is 1.49. The van der Waals surface area contributed by atoms with E-state index < -0.39 is 23.3 Å². The Morgan fingerprint density at radius 2 is 1.89 bits per heavy atom. The zero-order chi connectivity index (χ0) is 20.1. The van der Waals surface area contributed by atoms with Crippen molar-refractivity contribution in [3.63, 3.8) is 0 Å². The Morgan fingerprint density at radius 1 is 1.18 bits per heavy atom. The Kier molecular flexibility index (Phi) is 6.23. The molecule has 1 fully saturated rings. The van der Waals surface area contributed by atoms with Gasteiger partial charge in [-0.1, -0.05) is 23.7 Å². The molecule has 28 heavy (non-hydrogen) atoms. The molecule has 3 rings (SSSR count). The number of halogens is 1. The summed E-state index contributed by atoms with van der Waals surface area (Å²) in [5.74, 6) is -1.28. The van der Waals surface area contributed by atoms with Crippen LogP contribution in [0.3, 0.4) is 0 Å². The number of morpholine rings is 1. The van der Waals surface area contributed by atoms with E-state index in [0.717, 1.165) is 6.07 Å². The number of nitro groups is 1. The number of benzene rings is 2. The maximum Gasteiger partial charge on any atom is 0.338 e. The lowest BCUT2D eigenvalue weighted by molar-refractivity contribution is -0.384. The smallest absolute Gasteiger partial charge is 0.338 e. The number of ketones is 1. The zero-order valence-corrected chi connectivity index (χ0v) is 15.6. The van der Waals surface area contributed by atoms with Gasteiger partial charge in [-0.3, -0.25) is 14.9 Å². The number of anilines is 1. The predicted molar refractivity (Wildman–Crippen MR) is 102 cm³/mol. The fourth-order valence-electron chi connectivity index (χ4n) is 2.85. The van der Waals surface area contributed by atoms with Crippen molar-refractivity contribution < 1.29 is 24.0 Å². The van der Waals surface area contributed by atoms with Gasteiger partial charge in [0.1, 0.15) is 5.69 Å². The molecule has 0 saturated carbocycles. The van der Waals surface area contributed by atoms with Gasteiger partial charge in [-0.05, 0) is 24.3 Å². The van der Waals surface area contributed by atoms with Crippen LogP contribution >= 0.6 is 11.6 Å². The molecule has 1 heterocycles. The van der Waals surface area contributed by atoms with E-state index in [1.165, 1.54) is 18.2 Å². The van der Waals surface area contributed by atoms with Crippen LogP contribution in [-0.2, 0) is 9.47 Å². The standard InChI is InChI=1S/C19H17ClN2O6/c20-15-4-2-1-3-14(15)18(23)12-28-19(24)13-5-6-16(17(11-13)22(25)26)21-7-9-27-10-8-21/h1-6,11H,7-10,12H2. The molecule has 146 valence electrons. The fraction of sp³-hybridized carbons (Fsp3) is 0.263. The Morgan fingerprint density at radius 3 is 2.57 bits per heavy atom. The molecule has 2 aromatic carbocycles. The first-order valence-corrected chi connectivity index (χ1v) is 8.91. The van der Waals surface area contributed by atoms with Crippen LogP contribution in [0.25, 0.3) is 0 Å². The summed E-state index contributed by atoms with van der Waals surface area (Å²) in [5, 5.41) is 11.7. The second-order valence-corrected chi connectivity index (χ2v) is 6.45. The van der Waals surface area contributed by atoms with Crippen LogP contribution in [-0.4, -0.2) is 49.6 Å². The quantitative estimate of drug-likeness (QED) is 0.315. The van der Waals surface area contributed by atoms with Gasteiger partial charge in [0.25, 0.3) is 5.69 Å². The number of carbonyl (C=O) groups excluding carboxylic acids is 2. The first-order valence-electron chi connectivity index (χ1n) is 8.53. The van der Waals surface area contributed by atoms with Gasteiger partial charge in [0.15, 0.2) is 6.61 Å². The summed E-state index contributed by atoms with van der Waals surface area (Å²) in [6, 6.07) is 10.5. The van der Waals surface area contributed by atoms with Crippen molar-refractivity contribution in [2.24, 2.45) is 0 Å². The van der Waals surface area contributed by atoms with Crippen LogP contribution < -0.4 is 4.90 Å². The molecular weight excluding hydrogens is 388 g/mol. The SMILES string of the molecule is O=C(OCC(=O)c1ccccc1Cl)c1ccc(N2CCOCC2)c([N+](=O)[O-])c1. The topological polar surface area (TPSA) is 99.0 Å². The van der Waals surface area contributed by atoms with Gasteiger partial charge < -0.3 is 14.4 Å². The normalized spacial score (nSPS) is 13.8. The van der Waals surface area contributed by atoms with Crippen molar-refractivity contribution in [1.29, 1.82) is 0 Å². The molecular formula is C19H17ClN2O6. The largest absolute Gasteiger partial charge is 0.454 e. The Bertz CT molecular complexity index is 911. The van der Waals surface area contributed by atoms with Crippen molar-refractivity contribution in [2.45, 2.75) is 0 Å². The van der Waals surface area contributed by atoms with Crippen molar-refractivity contribution in [1.82, 2.24) is 0 Å². The minimum absolute atomic E-state index is 0.00401. The van der Waals surface area contributed by atoms with E-state index in [2.05, 4.69) is 0 Å². The highest BCUT2D eigenvalue weighted by atomic mass is 35.5. The highest BCUT2D eigenvalue weighted by Gasteiger charge is 2.24. The molecule has 9 heteroatoms. The highest BCUT2D eigenvalue weighted by molar-refractivity contribution is 6.34. The summed E-state index contributed by atoms with van der Waals surface area (Å²) >= 11 is 5.95. The number of hydrogen-bond donors (Lipinski definition) is 0. The van der Waals surface area contributed by atoms with Crippen LogP contribution in [0, 0.1) is 10.1 Å². The summed E-state index contributed by atoms with van der Waals surface area (Å²) < 4.78 is 10.3. The molecule has 1 aliphatic rings. The van der Waals surface area contributed by atoms with E-state index >= 15 is 0 Å². The predicted octanol–water partition coefficient (Wildman–Crippen LogP) is 3.12. The summed E-state index contributed by atoms with van der Waals surface area (Å²) in [7, 11) is 0. The third-order valence-electron chi connectivity index (χ3n) is 4.27. The first kappa shape index (κ1) is 19.8. The van der Waals surface area contributed by atoms with Gasteiger partial charge in [0, 0.05) is 24.7 Å². The molecule has 0 amide bonds. The molecule has 1 saturated heterocycles. The van der Waals surface area contributed by atoms with E-state index in [1.54, 1.807) is 18.2 Å². The zero-order valence-electron chi connectivity index (χ0n) is 14.8. The van der Waals surface area contributed by atoms with Crippen molar-refractivity contribution in [3.8, 4) is 0 Å². The van der Waals surface area contributed by atoms with E-state index in [0.29, 0.717) is 32.0 Å². The number of nitrogens with zero attached hydrogens (tertiary/aromatic N) is 2. The molecule has 0 radical (unpaired) electrons. The van der Waals surface area contributed by atoms with Gasteiger partial charge in [-0.2, -0.15) is 0 Å². The van der Waals surface area contributed by atoms with E-state index in [4.69, 9.17) is 21.1 Å². The van der Waals surface area contributed by atoms with Crippen molar-refractivity contribution >= 4 is 34.7 Å². The average Bonchev–Trinajstić information content (AvgIpc) is 2.72. The lowest BCUT2D eigenvalue weighted by Crippen LogP contribution is -2.36. The summed E-state index contributed by atoms with van der Waals surface area (Å²) in [6.07, 6.45) is 0. The molecule has 0 unspecified atom stereocenters. The second kappa shape index (κ2) is 8.81. The number of ether oxygens (including phenoxy) is 2. The maximum absolute atomic E-state index is 12.3. The third-order valence-corrected chi connectivity index (χ3v) is 4.60. The molecule has 0 bridgehead atoms. The number of Topliss-reactive ketones (excluding diaryl/α,β-unsaturated/α-hetero) is 1. The maximum atomic E-state index is 12.3. The van der Waals surface area contributed by atoms with E-state index in [9.17, 15) is 19.7 Å². The van der Waals surface area contributed by atoms with E-state index in [-0.39, 0.29) is 21.8 Å². The Labute approximate surface area is 165 Å². The van der Waals surface area contributed by atoms with Crippen molar-refractivity contribution in [2.75, 3.05) is 37.8 Å². The summed E-state index contributed by atoms with van der Waals surface area (Å²) in [4.78, 5) is 37.2. The van der Waals surface area contributed by atoms with Gasteiger partial charge in [0.05, 0.1) is 28.7 Å². The average molecular weight is 405 g/mol. The Hall–Kier alpha value is -2.97. The lowest BCUT2D eigenvalue weighted by atomic mass is 10.1. The van der Waals surface area contributed by atoms with Crippen LogP contribution in [0.15, 0.2) is 42.5 Å². The summed E-state index contributed by atoms with van der Waals surface area (Å²) in [5.41, 5.74) is 0.451. The van der Waals surface area contributed by atoms with Crippen LogP contribution in [0.4, 0.5) is 11.4 Å². The molecule has 0 aliphatic carbocycles. The van der Waals surface area contributed by atoms with Crippen LogP contribution in [0.5, 0.6) is 0 Å². The molecule has 0 N–H and O–H groups in total. The van der Waals surface area contributed by atoms with Crippen molar-refractivity contribution in [3.05, 3.63) is 68.7 Å². The minimum atomic E-state index is -0.822. The molecule has 8 nitrogen and oxygen atoms in total. The third kappa shape index (κ3) is 4.47. The van der Waals surface area contributed by atoms with Crippen LogP contribution in [0.2, 0.25) is 5.02 Å². The number of hydrogen-bond acceptors (Lipinski definition) is 7. The molecule has 0 aromatic heterocycles. The second-order valence-electron chi connectivity index (χ2n) is 6.04. The monoisotopic (exact) mass is 404 g/mol. The van der Waals surface area contributed by atoms with Gasteiger partial charge in [0.2, 0.25) is 5.78 Å². The molecule has 1 aliphatic heterocycles. The van der Waals surface area contributed by atoms with Gasteiger partial charge in [-0.15, -0.1) is 0 Å². The molecule has 2 aromatic rings. The van der Waals surface area contributed by atoms with Crippen LogP contribution in [0.1, 0.15) is 20.7 Å². The Balaban J connectivity index is 1.73. The van der Waals surface area contributed by atoms with Gasteiger partial charge >= 0.3 is 5.97 Å². The van der Waals surface area contributed by atoms with E-state index in [1.807, 2.05) is 4.90 Å². The fourth-order valence-corrected chi connectivity index (χ4v) is 3.09. The molecule has 0 atom stereocenters. The number of nitro benzene ring substituents is 1. The number of esters is 1. The molecule has 0 spiro atoms.